The summed E-state index contributed by atoms with van der Waals surface area (Å²) >= 11 is 14.4. The van der Waals surface area contributed by atoms with E-state index in [4.69, 9.17) is 23.2 Å². The van der Waals surface area contributed by atoms with Gasteiger partial charge >= 0.3 is 0 Å². The second kappa shape index (κ2) is 4.82. The normalized spacial score (nSPS) is 10.4. The second-order valence-corrected chi connectivity index (χ2v) is 5.21. The van der Waals surface area contributed by atoms with Gasteiger partial charge in [0.25, 0.3) is 0 Å². The van der Waals surface area contributed by atoms with Crippen LogP contribution < -0.4 is 0 Å². The van der Waals surface area contributed by atoms with Crippen LogP contribution >= 0.6 is 45.8 Å². The first kappa shape index (κ1) is 12.0. The predicted molar refractivity (Wildman–Crippen MR) is 76.3 cm³/mol. The van der Waals surface area contributed by atoms with E-state index >= 15 is 0 Å². The molecule has 1 N–H and O–H groups in total. The number of aromatic hydroxyl groups is 1. The molecule has 0 saturated heterocycles. The van der Waals surface area contributed by atoms with Gasteiger partial charge in [-0.2, -0.15) is 0 Å². The van der Waals surface area contributed by atoms with Crippen molar-refractivity contribution in [3.05, 3.63) is 50.0 Å². The van der Waals surface area contributed by atoms with Crippen LogP contribution in [0.2, 0.25) is 10.0 Å². The van der Waals surface area contributed by atoms with Crippen LogP contribution in [-0.4, -0.2) is 5.11 Å². The highest BCUT2D eigenvalue weighted by molar-refractivity contribution is 14.1. The Morgan fingerprint density at radius 3 is 2.00 bits per heavy atom. The van der Waals surface area contributed by atoms with Crippen molar-refractivity contribution in [2.75, 3.05) is 0 Å². The highest BCUT2D eigenvalue weighted by Gasteiger charge is 2.14. The van der Waals surface area contributed by atoms with Crippen molar-refractivity contribution in [1.29, 1.82) is 0 Å². The zero-order chi connectivity index (χ0) is 11.7. The van der Waals surface area contributed by atoms with Crippen molar-refractivity contribution in [2.45, 2.75) is 0 Å². The fourth-order valence-electron chi connectivity index (χ4n) is 1.50. The molecule has 2 aromatic rings. The van der Waals surface area contributed by atoms with Crippen LogP contribution in [0, 0.1) is 3.57 Å². The summed E-state index contributed by atoms with van der Waals surface area (Å²) in [6, 6.07) is 10.6. The Balaban J connectivity index is 2.77. The summed E-state index contributed by atoms with van der Waals surface area (Å²) in [5, 5.41) is 10.9. The average molecular weight is 365 g/mol. The summed E-state index contributed by atoms with van der Waals surface area (Å²) in [6.45, 7) is 0. The standard InChI is InChI=1S/C12H7Cl2IO/c13-7-3-1-4-8(14)11(7)12-9(15)5-2-6-10(12)16/h1-6,16H. The third-order valence-electron chi connectivity index (χ3n) is 2.20. The van der Waals surface area contributed by atoms with E-state index in [1.807, 2.05) is 6.07 Å². The quantitative estimate of drug-likeness (QED) is 0.708. The summed E-state index contributed by atoms with van der Waals surface area (Å²) in [5.74, 6) is 0.182. The number of halogens is 3. The fourth-order valence-corrected chi connectivity index (χ4v) is 2.84. The summed E-state index contributed by atoms with van der Waals surface area (Å²) < 4.78 is 0.910. The molecule has 4 heteroatoms. The number of phenolic OH excluding ortho intramolecular Hbond substituents is 1. The Morgan fingerprint density at radius 2 is 1.44 bits per heavy atom. The molecule has 0 aliphatic rings. The number of rotatable bonds is 1. The smallest absolute Gasteiger partial charge is 0.124 e. The molecule has 0 unspecified atom stereocenters. The fraction of sp³-hybridized carbons (Fsp3) is 0. The Labute approximate surface area is 117 Å². The molecule has 1 nitrogen and oxygen atoms in total. The minimum atomic E-state index is 0.182. The van der Waals surface area contributed by atoms with E-state index in [1.54, 1.807) is 30.3 Å². The average Bonchev–Trinajstić information content (AvgIpc) is 2.21. The maximum atomic E-state index is 9.87. The molecule has 0 aliphatic carbocycles. The third kappa shape index (κ3) is 2.14. The largest absolute Gasteiger partial charge is 0.507 e. The molecule has 0 atom stereocenters. The Bertz CT molecular complexity index is 451. The van der Waals surface area contributed by atoms with E-state index in [2.05, 4.69) is 22.6 Å². The van der Waals surface area contributed by atoms with Crippen molar-refractivity contribution < 1.29 is 5.11 Å². The molecular weight excluding hydrogens is 358 g/mol. The highest BCUT2D eigenvalue weighted by atomic mass is 127. The van der Waals surface area contributed by atoms with Crippen LogP contribution in [0.1, 0.15) is 0 Å². The third-order valence-corrected chi connectivity index (χ3v) is 3.73. The lowest BCUT2D eigenvalue weighted by atomic mass is 10.0. The predicted octanol–water partition coefficient (Wildman–Crippen LogP) is 4.97. The van der Waals surface area contributed by atoms with Crippen LogP contribution in [-0.2, 0) is 0 Å². The van der Waals surface area contributed by atoms with E-state index in [0.29, 0.717) is 21.2 Å². The number of benzene rings is 2. The van der Waals surface area contributed by atoms with Gasteiger partial charge in [-0.15, -0.1) is 0 Å². The first-order chi connectivity index (χ1) is 7.61. The van der Waals surface area contributed by atoms with Crippen LogP contribution in [0.4, 0.5) is 0 Å². The molecule has 0 spiro atoms. The highest BCUT2D eigenvalue weighted by Crippen LogP contribution is 2.41. The van der Waals surface area contributed by atoms with Gasteiger partial charge in [0.05, 0.1) is 10.0 Å². The molecule has 0 amide bonds. The molecule has 2 rings (SSSR count). The molecule has 16 heavy (non-hydrogen) atoms. The molecule has 0 radical (unpaired) electrons. The van der Waals surface area contributed by atoms with Crippen molar-refractivity contribution >= 4 is 45.8 Å². The van der Waals surface area contributed by atoms with Gasteiger partial charge in [0.15, 0.2) is 0 Å². The topological polar surface area (TPSA) is 20.2 Å². The van der Waals surface area contributed by atoms with Gasteiger partial charge in [0.2, 0.25) is 0 Å². The molecule has 82 valence electrons. The van der Waals surface area contributed by atoms with Crippen molar-refractivity contribution in [3.8, 4) is 16.9 Å². The van der Waals surface area contributed by atoms with E-state index < -0.39 is 0 Å². The number of hydrogen-bond donors (Lipinski definition) is 1. The van der Waals surface area contributed by atoms with Crippen molar-refractivity contribution in [2.24, 2.45) is 0 Å². The molecule has 0 heterocycles. The second-order valence-electron chi connectivity index (χ2n) is 3.23. The van der Waals surface area contributed by atoms with E-state index in [9.17, 15) is 5.11 Å². The summed E-state index contributed by atoms with van der Waals surface area (Å²) in [4.78, 5) is 0. The van der Waals surface area contributed by atoms with Crippen molar-refractivity contribution in [3.63, 3.8) is 0 Å². The number of phenols is 1. The van der Waals surface area contributed by atoms with Gasteiger partial charge in [-0.05, 0) is 46.9 Å². The molecule has 0 aliphatic heterocycles. The van der Waals surface area contributed by atoms with E-state index in [-0.39, 0.29) is 5.75 Å². The zero-order valence-electron chi connectivity index (χ0n) is 8.05. The van der Waals surface area contributed by atoms with Gasteiger partial charge < -0.3 is 5.11 Å². The summed E-state index contributed by atoms with van der Waals surface area (Å²) in [6.07, 6.45) is 0. The summed E-state index contributed by atoms with van der Waals surface area (Å²) in [7, 11) is 0. The molecule has 0 fully saturated rings. The summed E-state index contributed by atoms with van der Waals surface area (Å²) in [5.41, 5.74) is 1.35. The SMILES string of the molecule is Oc1cccc(I)c1-c1c(Cl)cccc1Cl. The van der Waals surface area contributed by atoms with Crippen LogP contribution in [0.15, 0.2) is 36.4 Å². The first-order valence-electron chi connectivity index (χ1n) is 4.53. The number of hydrogen-bond acceptors (Lipinski definition) is 1. The van der Waals surface area contributed by atoms with Gasteiger partial charge in [-0.25, -0.2) is 0 Å². The van der Waals surface area contributed by atoms with E-state index in [0.717, 1.165) is 3.57 Å². The van der Waals surface area contributed by atoms with E-state index in [1.165, 1.54) is 0 Å². The molecular formula is C12H7Cl2IO. The molecule has 0 bridgehead atoms. The van der Waals surface area contributed by atoms with Crippen molar-refractivity contribution in [1.82, 2.24) is 0 Å². The monoisotopic (exact) mass is 364 g/mol. The van der Waals surface area contributed by atoms with Crippen LogP contribution in [0.3, 0.4) is 0 Å². The Morgan fingerprint density at radius 1 is 0.875 bits per heavy atom. The Kier molecular flexibility index (Phi) is 3.62. The van der Waals surface area contributed by atoms with Gasteiger partial charge in [-0.3, -0.25) is 0 Å². The Hall–Kier alpha value is -0.450. The lowest BCUT2D eigenvalue weighted by Crippen LogP contribution is -1.86. The zero-order valence-corrected chi connectivity index (χ0v) is 11.7. The van der Waals surface area contributed by atoms with Gasteiger partial charge in [0.1, 0.15) is 5.75 Å². The maximum Gasteiger partial charge on any atom is 0.124 e. The minimum Gasteiger partial charge on any atom is -0.507 e. The maximum absolute atomic E-state index is 9.87. The lowest BCUT2D eigenvalue weighted by molar-refractivity contribution is 0.477. The van der Waals surface area contributed by atoms with Crippen LogP contribution in [0.5, 0.6) is 5.75 Å². The van der Waals surface area contributed by atoms with Gasteiger partial charge in [-0.1, -0.05) is 35.3 Å². The first-order valence-corrected chi connectivity index (χ1v) is 6.36. The molecule has 2 aromatic carbocycles. The van der Waals surface area contributed by atoms with Gasteiger partial charge in [0, 0.05) is 14.7 Å². The minimum absolute atomic E-state index is 0.182. The molecule has 0 saturated carbocycles. The molecule has 0 aromatic heterocycles. The lowest BCUT2D eigenvalue weighted by Gasteiger charge is -2.10. The van der Waals surface area contributed by atoms with Crippen LogP contribution in [0.25, 0.3) is 11.1 Å².